The molecule has 0 aliphatic carbocycles. The van der Waals surface area contributed by atoms with E-state index >= 15 is 0 Å². The Morgan fingerprint density at radius 3 is 2.37 bits per heavy atom. The zero-order chi connectivity index (χ0) is 23.3. The fraction of sp³-hybridized carbons (Fsp3) is 0.778. The lowest BCUT2D eigenvalue weighted by Crippen LogP contribution is -2.37. The Bertz CT molecular complexity index is 866. The van der Waals surface area contributed by atoms with Crippen LogP contribution < -0.4 is 11.2 Å². The van der Waals surface area contributed by atoms with Gasteiger partial charge >= 0.3 is 13.3 Å². The van der Waals surface area contributed by atoms with E-state index in [2.05, 4.69) is 4.98 Å². The highest BCUT2D eigenvalue weighted by molar-refractivity contribution is 7.54. The van der Waals surface area contributed by atoms with Gasteiger partial charge in [0, 0.05) is 19.7 Å². The van der Waals surface area contributed by atoms with Gasteiger partial charge in [-0.1, -0.05) is 13.8 Å². The fourth-order valence-electron chi connectivity index (χ4n) is 2.58. The van der Waals surface area contributed by atoms with Crippen molar-refractivity contribution in [2.45, 2.75) is 70.1 Å². The van der Waals surface area contributed by atoms with Crippen LogP contribution in [0, 0.1) is 0 Å². The number of nitrogens with zero attached hydrogens (tertiary/aromatic N) is 1. The van der Waals surface area contributed by atoms with Gasteiger partial charge in [-0.05, 0) is 26.7 Å². The van der Waals surface area contributed by atoms with Crippen LogP contribution in [0.1, 0.15) is 58.6 Å². The van der Waals surface area contributed by atoms with E-state index < -0.39 is 48.6 Å². The monoisotopic (exact) mass is 452 g/mol. The maximum Gasteiger partial charge on any atom is 0.359 e. The molecule has 0 aliphatic heterocycles. The molecule has 11 nitrogen and oxygen atoms in total. The zero-order valence-corrected chi connectivity index (χ0v) is 18.9. The Labute approximate surface area is 174 Å². The third-order valence-electron chi connectivity index (χ3n) is 5.28. The summed E-state index contributed by atoms with van der Waals surface area (Å²) in [7, 11) is -2.98. The molecule has 5 atom stereocenters. The molecule has 12 heteroatoms. The summed E-state index contributed by atoms with van der Waals surface area (Å²) in [6, 6.07) is 0. The molecule has 0 saturated heterocycles. The minimum Gasteiger partial charge on any atom is -0.394 e. The molecule has 0 spiro atoms. The molecule has 5 N–H and O–H groups in total. The number of aromatic nitrogens is 2. The van der Waals surface area contributed by atoms with E-state index in [1.54, 1.807) is 20.8 Å². The zero-order valence-electron chi connectivity index (χ0n) is 18.0. The number of nitrogens with one attached hydrogen (secondary N) is 1. The number of rotatable bonds is 12. The van der Waals surface area contributed by atoms with Gasteiger partial charge in [0.1, 0.15) is 12.2 Å². The summed E-state index contributed by atoms with van der Waals surface area (Å²) in [6.07, 6.45) is -1.06. The first kappa shape index (κ1) is 26.7. The van der Waals surface area contributed by atoms with Crippen LogP contribution in [0.3, 0.4) is 0 Å². The van der Waals surface area contributed by atoms with Gasteiger partial charge in [0.15, 0.2) is 5.34 Å². The fourth-order valence-corrected chi connectivity index (χ4v) is 3.99. The van der Waals surface area contributed by atoms with Crippen molar-refractivity contribution in [2.24, 2.45) is 7.05 Å². The number of ether oxygens (including phenoxy) is 1. The van der Waals surface area contributed by atoms with Crippen molar-refractivity contribution in [3.63, 3.8) is 0 Å². The highest BCUT2D eigenvalue weighted by Gasteiger charge is 2.46. The summed E-state index contributed by atoms with van der Waals surface area (Å²) in [5, 5.41) is 27.7. The van der Waals surface area contributed by atoms with Crippen molar-refractivity contribution in [1.29, 1.82) is 0 Å². The average molecular weight is 452 g/mol. The SMILES string of the molecule is CCC(C)(CCO[C@@H](c1cn(C)c(=O)[nH]c1=O)[C@H](O)CO)OP(=O)(O)C(C)(O)CC. The Morgan fingerprint density at radius 1 is 1.27 bits per heavy atom. The largest absolute Gasteiger partial charge is 0.394 e. The molecule has 3 unspecified atom stereocenters. The van der Waals surface area contributed by atoms with E-state index in [1.165, 1.54) is 20.2 Å². The van der Waals surface area contributed by atoms with Crippen LogP contribution in [-0.2, 0) is 20.9 Å². The number of hydrogen-bond donors (Lipinski definition) is 5. The number of H-pyrrole nitrogens is 1. The van der Waals surface area contributed by atoms with Gasteiger partial charge in [-0.2, -0.15) is 0 Å². The minimum absolute atomic E-state index is 0.0113. The second-order valence-corrected chi connectivity index (χ2v) is 9.92. The van der Waals surface area contributed by atoms with Crippen LogP contribution in [0.2, 0.25) is 0 Å². The van der Waals surface area contributed by atoms with Crippen LogP contribution in [0.25, 0.3) is 0 Å². The third-order valence-corrected chi connectivity index (χ3v) is 7.50. The van der Waals surface area contributed by atoms with Gasteiger partial charge < -0.3 is 34.0 Å². The second-order valence-electron chi connectivity index (χ2n) is 7.73. The molecule has 0 bridgehead atoms. The van der Waals surface area contributed by atoms with Crippen molar-refractivity contribution < 1.29 is 34.0 Å². The molecule has 0 saturated carbocycles. The lowest BCUT2D eigenvalue weighted by atomic mass is 10.00. The smallest absolute Gasteiger partial charge is 0.359 e. The van der Waals surface area contributed by atoms with Gasteiger partial charge in [0.05, 0.1) is 24.4 Å². The molecule has 1 heterocycles. The van der Waals surface area contributed by atoms with Gasteiger partial charge in [-0.15, -0.1) is 0 Å². The molecule has 0 aromatic carbocycles. The predicted molar refractivity (Wildman–Crippen MR) is 109 cm³/mol. The molecule has 174 valence electrons. The topological polar surface area (TPSA) is 171 Å². The van der Waals surface area contributed by atoms with Crippen LogP contribution in [-0.4, -0.2) is 60.0 Å². The maximum atomic E-state index is 12.5. The van der Waals surface area contributed by atoms with Gasteiger partial charge in [-0.3, -0.25) is 14.3 Å². The Morgan fingerprint density at radius 2 is 1.87 bits per heavy atom. The number of aliphatic hydroxyl groups excluding tert-OH is 2. The standard InChI is InChI=1S/C18H33N2O9P/c1-6-17(3,29-30(26,27)18(4,25)7-2)8-9-28-14(13(22)11-21)12-10-20(5)16(24)19-15(12)23/h10,13-14,21-22,25H,6-9,11H2,1-5H3,(H,26,27)(H,19,23,24)/t13-,14+,17?,18?/m1/s1. The molecule has 0 amide bonds. The van der Waals surface area contributed by atoms with E-state index in [1.807, 2.05) is 0 Å². The molecule has 1 aromatic rings. The van der Waals surface area contributed by atoms with Crippen molar-refractivity contribution >= 4 is 7.60 Å². The summed E-state index contributed by atoms with van der Waals surface area (Å²) in [5.41, 5.74) is -2.60. The van der Waals surface area contributed by atoms with Crippen molar-refractivity contribution in [2.75, 3.05) is 13.2 Å². The van der Waals surface area contributed by atoms with E-state index in [0.29, 0.717) is 6.42 Å². The van der Waals surface area contributed by atoms with E-state index in [0.717, 1.165) is 4.57 Å². The Kier molecular flexibility index (Phi) is 9.19. The van der Waals surface area contributed by atoms with Crippen molar-refractivity contribution in [1.82, 2.24) is 9.55 Å². The lowest BCUT2D eigenvalue weighted by Gasteiger charge is -2.36. The predicted octanol–water partition coefficient (Wildman–Crippen LogP) is 0.364. The highest BCUT2D eigenvalue weighted by Crippen LogP contribution is 2.58. The molecule has 0 aliphatic rings. The number of aliphatic hydroxyl groups is 3. The molecule has 0 fully saturated rings. The Balaban J connectivity index is 3.02. The summed E-state index contributed by atoms with van der Waals surface area (Å²) in [4.78, 5) is 36.0. The maximum absolute atomic E-state index is 12.5. The normalized spacial score (nSPS) is 20.0. The third kappa shape index (κ3) is 6.34. The first-order valence-corrected chi connectivity index (χ1v) is 11.3. The van der Waals surface area contributed by atoms with Crippen LogP contribution in [0.5, 0.6) is 0 Å². The minimum atomic E-state index is -4.38. The van der Waals surface area contributed by atoms with E-state index in [-0.39, 0.29) is 25.0 Å². The van der Waals surface area contributed by atoms with Gasteiger partial charge in [0.25, 0.3) is 5.56 Å². The number of aryl methyl sites for hydroxylation is 1. The number of hydrogen-bond acceptors (Lipinski definition) is 8. The quantitative estimate of drug-likeness (QED) is 0.281. The second kappa shape index (κ2) is 10.3. The molecular weight excluding hydrogens is 419 g/mol. The molecule has 1 rings (SSSR count). The van der Waals surface area contributed by atoms with Crippen molar-refractivity contribution in [3.8, 4) is 0 Å². The first-order chi connectivity index (χ1) is 13.7. The van der Waals surface area contributed by atoms with Crippen LogP contribution in [0.15, 0.2) is 15.8 Å². The summed E-state index contributed by atoms with van der Waals surface area (Å²) >= 11 is 0. The average Bonchev–Trinajstić information content (AvgIpc) is 2.67. The molecule has 30 heavy (non-hydrogen) atoms. The molecule has 0 radical (unpaired) electrons. The summed E-state index contributed by atoms with van der Waals surface area (Å²) in [5.74, 6) is 0. The highest BCUT2D eigenvalue weighted by atomic mass is 31.2. The number of aromatic amines is 1. The first-order valence-electron chi connectivity index (χ1n) is 9.70. The van der Waals surface area contributed by atoms with Crippen LogP contribution >= 0.6 is 7.60 Å². The lowest BCUT2D eigenvalue weighted by molar-refractivity contribution is -0.0761. The summed E-state index contributed by atoms with van der Waals surface area (Å²) < 4.78 is 24.7. The van der Waals surface area contributed by atoms with Gasteiger partial charge in [-0.25, -0.2) is 4.79 Å². The van der Waals surface area contributed by atoms with Gasteiger partial charge in [0.2, 0.25) is 0 Å². The Hall–Kier alpha value is -1.33. The molecular formula is C18H33N2O9P. The summed E-state index contributed by atoms with van der Waals surface area (Å²) in [6.45, 7) is 5.30. The van der Waals surface area contributed by atoms with Crippen molar-refractivity contribution in [3.05, 3.63) is 32.6 Å². The van der Waals surface area contributed by atoms with Crippen LogP contribution in [0.4, 0.5) is 0 Å². The van der Waals surface area contributed by atoms with E-state index in [9.17, 15) is 34.4 Å². The van der Waals surface area contributed by atoms with E-state index in [4.69, 9.17) is 9.26 Å². The molecule has 1 aromatic heterocycles.